The average molecular weight is 200 g/mol. The molecule has 6 heteroatoms. The minimum absolute atomic E-state index is 0.152. The second-order valence-corrected chi connectivity index (χ2v) is 3.75. The van der Waals surface area contributed by atoms with Crippen LogP contribution in [0.2, 0.25) is 0 Å². The van der Waals surface area contributed by atoms with Crippen molar-refractivity contribution in [3.63, 3.8) is 0 Å². The van der Waals surface area contributed by atoms with E-state index in [1.165, 1.54) is 0 Å². The lowest BCUT2D eigenvalue weighted by Gasteiger charge is -1.90. The number of hydrogen-bond acceptors (Lipinski definition) is 4. The van der Waals surface area contributed by atoms with Gasteiger partial charge in [-0.05, 0) is 19.1 Å². The van der Waals surface area contributed by atoms with E-state index >= 15 is 0 Å². The maximum absolute atomic E-state index is 5.15. The number of aryl methyl sites for hydroxylation is 1. The highest BCUT2D eigenvalue weighted by molar-refractivity contribution is 7.80. The number of rotatable bonds is 2. The summed E-state index contributed by atoms with van der Waals surface area (Å²) in [7, 11) is 0. The summed E-state index contributed by atoms with van der Waals surface area (Å²) < 4.78 is 0. The third-order valence-electron chi connectivity index (χ3n) is 0.989. The Hall–Kier alpha value is -1.01. The summed E-state index contributed by atoms with van der Waals surface area (Å²) in [6.45, 7) is 1.98. The van der Waals surface area contributed by atoms with Crippen LogP contribution in [0, 0.1) is 6.92 Å². The number of nitrogens with one attached hydrogen (secondary N) is 1. The van der Waals surface area contributed by atoms with Gasteiger partial charge in [0.2, 0.25) is 0 Å². The number of nitrogens with zero attached hydrogens (tertiary/aromatic N) is 2. The van der Waals surface area contributed by atoms with E-state index < -0.39 is 0 Å². The number of thiazole rings is 1. The maximum atomic E-state index is 5.15. The van der Waals surface area contributed by atoms with E-state index in [0.717, 1.165) is 9.88 Å². The van der Waals surface area contributed by atoms with Crippen molar-refractivity contribution in [2.75, 3.05) is 0 Å². The zero-order chi connectivity index (χ0) is 8.97. The lowest BCUT2D eigenvalue weighted by atomic mass is 10.6. The zero-order valence-corrected chi connectivity index (χ0v) is 8.08. The van der Waals surface area contributed by atoms with Crippen molar-refractivity contribution in [1.82, 2.24) is 10.4 Å². The summed E-state index contributed by atoms with van der Waals surface area (Å²) in [5.41, 5.74) is 7.60. The third kappa shape index (κ3) is 2.93. The SMILES string of the molecule is Cc1cnc(/C=N/NC(N)=S)s1. The smallest absolute Gasteiger partial charge is 0.184 e. The molecule has 0 aliphatic rings. The summed E-state index contributed by atoms with van der Waals surface area (Å²) in [6.07, 6.45) is 3.36. The van der Waals surface area contributed by atoms with Gasteiger partial charge in [-0.25, -0.2) is 4.98 Å². The van der Waals surface area contributed by atoms with Gasteiger partial charge in [0.05, 0.1) is 6.21 Å². The summed E-state index contributed by atoms with van der Waals surface area (Å²) >= 11 is 6.11. The van der Waals surface area contributed by atoms with Crippen molar-refractivity contribution in [3.05, 3.63) is 16.1 Å². The zero-order valence-electron chi connectivity index (χ0n) is 6.44. The molecule has 0 amide bonds. The quantitative estimate of drug-likeness (QED) is 0.417. The predicted molar refractivity (Wildman–Crippen MR) is 54.4 cm³/mol. The first-order chi connectivity index (χ1) is 5.68. The second-order valence-electron chi connectivity index (χ2n) is 2.04. The van der Waals surface area contributed by atoms with E-state index in [9.17, 15) is 0 Å². The fourth-order valence-electron chi connectivity index (χ4n) is 0.583. The monoisotopic (exact) mass is 200 g/mol. The van der Waals surface area contributed by atoms with E-state index in [2.05, 4.69) is 27.7 Å². The van der Waals surface area contributed by atoms with Crippen LogP contribution >= 0.6 is 23.6 Å². The summed E-state index contributed by atoms with van der Waals surface area (Å²) in [5, 5.41) is 4.74. The molecule has 1 aromatic heterocycles. The molecule has 0 aliphatic carbocycles. The second kappa shape index (κ2) is 4.13. The molecule has 12 heavy (non-hydrogen) atoms. The highest BCUT2D eigenvalue weighted by Gasteiger charge is 1.92. The largest absolute Gasteiger partial charge is 0.375 e. The lowest BCUT2D eigenvalue weighted by Crippen LogP contribution is -2.23. The standard InChI is InChI=1S/C6H8N4S2/c1-4-2-8-5(12-4)3-9-10-6(7)11/h2-3H,1H3,(H3,7,10,11)/b9-3+. The predicted octanol–water partition coefficient (Wildman–Crippen LogP) is 0.619. The molecule has 0 fully saturated rings. The van der Waals surface area contributed by atoms with E-state index in [4.69, 9.17) is 5.73 Å². The lowest BCUT2D eigenvalue weighted by molar-refractivity contribution is 1.04. The van der Waals surface area contributed by atoms with E-state index in [1.807, 2.05) is 6.92 Å². The fraction of sp³-hybridized carbons (Fsp3) is 0.167. The highest BCUT2D eigenvalue weighted by atomic mass is 32.1. The molecule has 64 valence electrons. The van der Waals surface area contributed by atoms with Crippen LogP contribution in [0.15, 0.2) is 11.3 Å². The van der Waals surface area contributed by atoms with Gasteiger partial charge in [0, 0.05) is 11.1 Å². The van der Waals surface area contributed by atoms with Gasteiger partial charge < -0.3 is 5.73 Å². The number of hydrazone groups is 1. The molecule has 0 bridgehead atoms. The Balaban J connectivity index is 2.52. The van der Waals surface area contributed by atoms with E-state index in [0.29, 0.717) is 0 Å². The molecule has 1 heterocycles. The molecule has 0 saturated heterocycles. The van der Waals surface area contributed by atoms with Crippen molar-refractivity contribution < 1.29 is 0 Å². The molecule has 0 aliphatic heterocycles. The van der Waals surface area contributed by atoms with Crippen LogP contribution in [0.4, 0.5) is 0 Å². The Labute approximate surface area is 79.5 Å². The maximum Gasteiger partial charge on any atom is 0.184 e. The van der Waals surface area contributed by atoms with Crippen LogP contribution in [0.5, 0.6) is 0 Å². The first-order valence-electron chi connectivity index (χ1n) is 3.19. The minimum Gasteiger partial charge on any atom is -0.375 e. The van der Waals surface area contributed by atoms with Crippen LogP contribution in [-0.4, -0.2) is 16.3 Å². The Bertz CT molecular complexity index is 304. The van der Waals surface area contributed by atoms with Crippen molar-refractivity contribution in [3.8, 4) is 0 Å². The number of hydrogen-bond donors (Lipinski definition) is 2. The molecule has 0 unspecified atom stereocenters. The van der Waals surface area contributed by atoms with Gasteiger partial charge in [0.25, 0.3) is 0 Å². The summed E-state index contributed by atoms with van der Waals surface area (Å²) in [5.74, 6) is 0. The van der Waals surface area contributed by atoms with Crippen molar-refractivity contribution in [2.24, 2.45) is 10.8 Å². The molecule has 0 radical (unpaired) electrons. The molecule has 0 atom stereocenters. The Morgan fingerprint density at radius 1 is 1.92 bits per heavy atom. The van der Waals surface area contributed by atoms with Crippen LogP contribution in [0.25, 0.3) is 0 Å². The molecule has 0 spiro atoms. The Morgan fingerprint density at radius 3 is 3.17 bits per heavy atom. The van der Waals surface area contributed by atoms with Gasteiger partial charge in [-0.15, -0.1) is 11.3 Å². The molecular weight excluding hydrogens is 192 g/mol. The van der Waals surface area contributed by atoms with E-state index in [1.54, 1.807) is 23.7 Å². The summed E-state index contributed by atoms with van der Waals surface area (Å²) in [6, 6.07) is 0. The fourth-order valence-corrected chi connectivity index (χ4v) is 1.28. The normalized spacial score (nSPS) is 10.4. The molecule has 1 aromatic rings. The van der Waals surface area contributed by atoms with Gasteiger partial charge in [-0.3, -0.25) is 5.43 Å². The van der Waals surface area contributed by atoms with Gasteiger partial charge in [0.1, 0.15) is 5.01 Å². The number of nitrogens with two attached hydrogens (primary N) is 1. The van der Waals surface area contributed by atoms with Crippen molar-refractivity contribution >= 4 is 34.9 Å². The van der Waals surface area contributed by atoms with Gasteiger partial charge in [0.15, 0.2) is 5.11 Å². The van der Waals surface area contributed by atoms with Crippen LogP contribution in [-0.2, 0) is 0 Å². The molecule has 1 rings (SSSR count). The molecule has 3 N–H and O–H groups in total. The van der Waals surface area contributed by atoms with Crippen molar-refractivity contribution in [2.45, 2.75) is 6.92 Å². The van der Waals surface area contributed by atoms with Gasteiger partial charge in [-0.1, -0.05) is 0 Å². The average Bonchev–Trinajstić information content (AvgIpc) is 2.35. The van der Waals surface area contributed by atoms with Gasteiger partial charge >= 0.3 is 0 Å². The van der Waals surface area contributed by atoms with Gasteiger partial charge in [-0.2, -0.15) is 5.10 Å². The van der Waals surface area contributed by atoms with Crippen LogP contribution in [0.1, 0.15) is 9.88 Å². The Morgan fingerprint density at radius 2 is 2.67 bits per heavy atom. The molecule has 0 aromatic carbocycles. The minimum atomic E-state index is 0.152. The van der Waals surface area contributed by atoms with Crippen LogP contribution < -0.4 is 11.2 Å². The highest BCUT2D eigenvalue weighted by Crippen LogP contribution is 2.07. The molecule has 4 nitrogen and oxygen atoms in total. The molecular formula is C6H8N4S2. The third-order valence-corrected chi connectivity index (χ3v) is 1.93. The number of aromatic nitrogens is 1. The Kier molecular flexibility index (Phi) is 3.12. The topological polar surface area (TPSA) is 63.3 Å². The van der Waals surface area contributed by atoms with E-state index in [-0.39, 0.29) is 5.11 Å². The summed E-state index contributed by atoms with van der Waals surface area (Å²) in [4.78, 5) is 5.20. The number of thiocarbonyl (C=S) groups is 1. The molecule has 0 saturated carbocycles. The van der Waals surface area contributed by atoms with Crippen molar-refractivity contribution in [1.29, 1.82) is 0 Å². The van der Waals surface area contributed by atoms with Crippen LogP contribution in [0.3, 0.4) is 0 Å². The first-order valence-corrected chi connectivity index (χ1v) is 4.42. The first kappa shape index (κ1) is 9.08.